The number of anilines is 3. The highest BCUT2D eigenvalue weighted by Crippen LogP contribution is 2.33. The van der Waals surface area contributed by atoms with Gasteiger partial charge in [-0.3, -0.25) is 0 Å². The molecule has 1 N–H and O–H groups in total. The molecule has 162 valence electrons. The number of aliphatic carboxylic acids is 1. The summed E-state index contributed by atoms with van der Waals surface area (Å²) in [5.74, 6) is 5.05. The van der Waals surface area contributed by atoms with Gasteiger partial charge < -0.3 is 10.0 Å². The molecule has 4 rings (SSSR count). The molecule has 0 aliphatic carbocycles. The summed E-state index contributed by atoms with van der Waals surface area (Å²) in [7, 11) is 0. The predicted molar refractivity (Wildman–Crippen MR) is 135 cm³/mol. The summed E-state index contributed by atoms with van der Waals surface area (Å²) in [5, 5.41) is 17.8. The number of rotatable bonds is 5. The third-order valence-electron chi connectivity index (χ3n) is 5.08. The molecule has 0 spiro atoms. The van der Waals surface area contributed by atoms with Crippen molar-refractivity contribution in [3.8, 4) is 17.9 Å². The van der Waals surface area contributed by atoms with Gasteiger partial charge in [-0.05, 0) is 72.3 Å². The lowest BCUT2D eigenvalue weighted by molar-refractivity contribution is -0.132. The summed E-state index contributed by atoms with van der Waals surface area (Å²) in [6, 6.07) is 37.3. The van der Waals surface area contributed by atoms with Gasteiger partial charge in [0.2, 0.25) is 0 Å². The van der Waals surface area contributed by atoms with Crippen molar-refractivity contribution in [3.05, 3.63) is 131 Å². The van der Waals surface area contributed by atoms with Gasteiger partial charge in [0.25, 0.3) is 0 Å². The van der Waals surface area contributed by atoms with Crippen LogP contribution in [0, 0.1) is 23.2 Å². The second-order valence-corrected chi connectivity index (χ2v) is 7.40. The number of carboxylic acid groups (broad SMARTS) is 1. The van der Waals surface area contributed by atoms with Crippen molar-refractivity contribution in [3.63, 3.8) is 0 Å². The normalized spacial score (nSPS) is 10.5. The molecule has 4 heteroatoms. The van der Waals surface area contributed by atoms with Crippen LogP contribution in [0.3, 0.4) is 0 Å². The highest BCUT2D eigenvalue weighted by molar-refractivity contribution is 5.96. The van der Waals surface area contributed by atoms with Crippen LogP contribution >= 0.6 is 0 Å². The number of nitriles is 1. The first-order chi connectivity index (χ1) is 16.6. The standard InChI is InChI=1S/C30H20N2O2/c31-22-26(30(33)34)21-25-15-13-23(14-16-25)11-12-24-17-19-29(20-18-24)32(27-7-3-1-4-8-27)28-9-5-2-6-10-28/h1-10,13-21H,(H,33,34)/b26-21-. The molecule has 4 nitrogen and oxygen atoms in total. The fraction of sp³-hybridized carbons (Fsp3) is 0. The van der Waals surface area contributed by atoms with Gasteiger partial charge in [-0.15, -0.1) is 0 Å². The Bertz CT molecular complexity index is 1370. The van der Waals surface area contributed by atoms with E-state index in [2.05, 4.69) is 41.0 Å². The Hall–Kier alpha value is -5.06. The average Bonchev–Trinajstić information content (AvgIpc) is 2.89. The largest absolute Gasteiger partial charge is 0.477 e. The number of hydrogen-bond donors (Lipinski definition) is 1. The lowest BCUT2D eigenvalue weighted by Gasteiger charge is -2.25. The van der Waals surface area contributed by atoms with E-state index in [1.807, 2.05) is 60.7 Å². The maximum absolute atomic E-state index is 11.0. The van der Waals surface area contributed by atoms with E-state index >= 15 is 0 Å². The Morgan fingerprint density at radius 1 is 0.676 bits per heavy atom. The fourth-order valence-electron chi connectivity index (χ4n) is 3.41. The van der Waals surface area contributed by atoms with Crippen LogP contribution in [0.25, 0.3) is 6.08 Å². The van der Waals surface area contributed by atoms with Crippen LogP contribution in [0.15, 0.2) is 115 Å². The minimum atomic E-state index is -1.24. The summed E-state index contributed by atoms with van der Waals surface area (Å²) < 4.78 is 0. The third-order valence-corrected chi connectivity index (χ3v) is 5.08. The SMILES string of the molecule is N#C/C(=C/c1ccc(C#Cc2ccc(N(c3ccccc3)c3ccccc3)cc2)cc1)C(=O)O. The summed E-state index contributed by atoms with van der Waals surface area (Å²) in [5.41, 5.74) is 5.19. The molecule has 0 bridgehead atoms. The molecular weight excluding hydrogens is 420 g/mol. The van der Waals surface area contributed by atoms with Gasteiger partial charge in [-0.2, -0.15) is 5.26 Å². The fourth-order valence-corrected chi connectivity index (χ4v) is 3.41. The molecule has 4 aromatic rings. The van der Waals surface area contributed by atoms with Gasteiger partial charge in [0, 0.05) is 28.2 Å². The molecule has 0 unspecified atom stereocenters. The first kappa shape index (κ1) is 22.1. The average molecular weight is 441 g/mol. The van der Waals surface area contributed by atoms with Crippen molar-refractivity contribution in [2.45, 2.75) is 0 Å². The maximum atomic E-state index is 11.0. The number of carbonyl (C=O) groups is 1. The minimum Gasteiger partial charge on any atom is -0.477 e. The highest BCUT2D eigenvalue weighted by atomic mass is 16.4. The van der Waals surface area contributed by atoms with Crippen LogP contribution in [0.4, 0.5) is 17.1 Å². The minimum absolute atomic E-state index is 0.307. The molecule has 0 heterocycles. The Kier molecular flexibility index (Phi) is 6.84. The third kappa shape index (κ3) is 5.40. The lowest BCUT2D eigenvalue weighted by atomic mass is 10.1. The van der Waals surface area contributed by atoms with E-state index in [9.17, 15) is 4.79 Å². The molecule has 0 aliphatic rings. The quantitative estimate of drug-likeness (QED) is 0.217. The molecule has 4 aromatic carbocycles. The lowest BCUT2D eigenvalue weighted by Crippen LogP contribution is -2.09. The molecule has 0 saturated heterocycles. The topological polar surface area (TPSA) is 64.3 Å². The van der Waals surface area contributed by atoms with Gasteiger partial charge in [-0.1, -0.05) is 60.4 Å². The first-order valence-corrected chi connectivity index (χ1v) is 10.6. The number of para-hydroxylation sites is 2. The van der Waals surface area contributed by atoms with E-state index in [1.54, 1.807) is 30.3 Å². The Morgan fingerprint density at radius 2 is 1.12 bits per heavy atom. The van der Waals surface area contributed by atoms with Gasteiger partial charge in [-0.25, -0.2) is 4.79 Å². The maximum Gasteiger partial charge on any atom is 0.346 e. The van der Waals surface area contributed by atoms with Crippen molar-refractivity contribution < 1.29 is 9.90 Å². The smallest absolute Gasteiger partial charge is 0.346 e. The molecule has 34 heavy (non-hydrogen) atoms. The zero-order chi connectivity index (χ0) is 23.8. The number of hydrogen-bond acceptors (Lipinski definition) is 3. The van der Waals surface area contributed by atoms with Crippen LogP contribution in [0.5, 0.6) is 0 Å². The van der Waals surface area contributed by atoms with Crippen LogP contribution in [-0.4, -0.2) is 11.1 Å². The summed E-state index contributed by atoms with van der Waals surface area (Å²) in [6.45, 7) is 0. The van der Waals surface area contributed by atoms with Crippen LogP contribution < -0.4 is 4.90 Å². The Labute approximate surface area is 198 Å². The van der Waals surface area contributed by atoms with Gasteiger partial charge >= 0.3 is 5.97 Å². The zero-order valence-corrected chi connectivity index (χ0v) is 18.2. The first-order valence-electron chi connectivity index (χ1n) is 10.6. The molecule has 0 fully saturated rings. The van der Waals surface area contributed by atoms with Gasteiger partial charge in [0.1, 0.15) is 11.6 Å². The highest BCUT2D eigenvalue weighted by Gasteiger charge is 2.11. The van der Waals surface area contributed by atoms with E-state index in [0.717, 1.165) is 28.2 Å². The molecular formula is C30H20N2O2. The number of nitrogens with zero attached hydrogens (tertiary/aromatic N) is 2. The summed E-state index contributed by atoms with van der Waals surface area (Å²) in [6.07, 6.45) is 1.34. The van der Waals surface area contributed by atoms with Crippen molar-refractivity contribution in [2.24, 2.45) is 0 Å². The van der Waals surface area contributed by atoms with Crippen LogP contribution in [0.2, 0.25) is 0 Å². The summed E-state index contributed by atoms with van der Waals surface area (Å²) in [4.78, 5) is 13.2. The summed E-state index contributed by atoms with van der Waals surface area (Å²) >= 11 is 0. The molecule has 0 atom stereocenters. The number of benzene rings is 4. The Balaban J connectivity index is 1.56. The molecule has 0 saturated carbocycles. The van der Waals surface area contributed by atoms with E-state index in [-0.39, 0.29) is 5.57 Å². The Morgan fingerprint density at radius 3 is 1.56 bits per heavy atom. The molecule has 0 aromatic heterocycles. The van der Waals surface area contributed by atoms with Crippen molar-refractivity contribution in [2.75, 3.05) is 4.90 Å². The van der Waals surface area contributed by atoms with Crippen molar-refractivity contribution in [1.82, 2.24) is 0 Å². The second-order valence-electron chi connectivity index (χ2n) is 7.40. The van der Waals surface area contributed by atoms with Crippen LogP contribution in [-0.2, 0) is 4.79 Å². The van der Waals surface area contributed by atoms with E-state index < -0.39 is 5.97 Å². The van der Waals surface area contributed by atoms with E-state index in [0.29, 0.717) is 5.56 Å². The molecule has 0 amide bonds. The zero-order valence-electron chi connectivity index (χ0n) is 18.2. The molecule has 0 radical (unpaired) electrons. The van der Waals surface area contributed by atoms with Crippen molar-refractivity contribution >= 4 is 29.1 Å². The number of carboxylic acids is 1. The molecule has 0 aliphatic heterocycles. The van der Waals surface area contributed by atoms with Gasteiger partial charge in [0.15, 0.2) is 0 Å². The van der Waals surface area contributed by atoms with E-state index in [4.69, 9.17) is 10.4 Å². The second kappa shape index (κ2) is 10.5. The predicted octanol–water partition coefficient (Wildman–Crippen LogP) is 6.55. The van der Waals surface area contributed by atoms with Gasteiger partial charge in [0.05, 0.1) is 0 Å². The van der Waals surface area contributed by atoms with E-state index in [1.165, 1.54) is 6.08 Å². The van der Waals surface area contributed by atoms with Crippen molar-refractivity contribution in [1.29, 1.82) is 5.26 Å². The van der Waals surface area contributed by atoms with Crippen LogP contribution in [0.1, 0.15) is 16.7 Å². The monoisotopic (exact) mass is 440 g/mol.